The zero-order valence-electron chi connectivity index (χ0n) is 11.3. The van der Waals surface area contributed by atoms with Crippen LogP contribution in [0.4, 0.5) is 0 Å². The van der Waals surface area contributed by atoms with Gasteiger partial charge in [-0.1, -0.05) is 30.7 Å². The fraction of sp³-hybridized carbons (Fsp3) is 0.333. The van der Waals surface area contributed by atoms with Gasteiger partial charge in [0.05, 0.1) is 0 Å². The number of carboxylic acid groups (broad SMARTS) is 1. The van der Waals surface area contributed by atoms with Gasteiger partial charge in [0.25, 0.3) is 0 Å². The third-order valence-electron chi connectivity index (χ3n) is 2.75. The van der Waals surface area contributed by atoms with Gasteiger partial charge < -0.3 is 10.4 Å². The number of nitrogens with one attached hydrogen (secondary N) is 1. The summed E-state index contributed by atoms with van der Waals surface area (Å²) in [7, 11) is 0. The molecule has 0 saturated carbocycles. The molecule has 0 aliphatic rings. The topological polar surface area (TPSA) is 66.4 Å². The average Bonchev–Trinajstić information content (AvgIpc) is 2.40. The van der Waals surface area contributed by atoms with Crippen LogP contribution in [-0.2, 0) is 9.59 Å². The summed E-state index contributed by atoms with van der Waals surface area (Å²) in [6.45, 7) is 2.37. The molecule has 108 valence electrons. The van der Waals surface area contributed by atoms with E-state index in [0.717, 1.165) is 5.56 Å². The Hall–Kier alpha value is -1.81. The summed E-state index contributed by atoms with van der Waals surface area (Å²) in [6.07, 6.45) is 3.79. The molecule has 0 aliphatic heterocycles. The number of hydrogen-bond acceptors (Lipinski definition) is 2. The van der Waals surface area contributed by atoms with Crippen molar-refractivity contribution in [1.29, 1.82) is 0 Å². The number of hydrogen-bond donors (Lipinski definition) is 2. The molecule has 1 aromatic carbocycles. The first-order chi connectivity index (χ1) is 9.47. The minimum atomic E-state index is -0.816. The number of carboxylic acids is 1. The second-order valence-corrected chi connectivity index (χ2v) is 5.11. The van der Waals surface area contributed by atoms with Gasteiger partial charge in [0.1, 0.15) is 0 Å². The largest absolute Gasteiger partial charge is 0.481 e. The highest BCUT2D eigenvalue weighted by atomic mass is 35.5. The van der Waals surface area contributed by atoms with Gasteiger partial charge in [-0.3, -0.25) is 9.59 Å². The van der Waals surface area contributed by atoms with Gasteiger partial charge in [0, 0.05) is 24.1 Å². The average molecular weight is 296 g/mol. The molecule has 0 heterocycles. The van der Waals surface area contributed by atoms with Crippen LogP contribution < -0.4 is 5.32 Å². The standard InChI is InChI=1S/C15H18ClNO3/c1-11(5-8-15(19)20)10-17-14(18)7-6-12-3-2-4-13(16)9-12/h2-4,6-7,9,11H,5,8,10H2,1H3,(H,17,18)(H,19,20)/b7-6+. The van der Waals surface area contributed by atoms with Crippen LogP contribution in [0.25, 0.3) is 6.08 Å². The van der Waals surface area contributed by atoms with Gasteiger partial charge in [0.15, 0.2) is 0 Å². The van der Waals surface area contributed by atoms with E-state index in [2.05, 4.69) is 5.32 Å². The summed E-state index contributed by atoms with van der Waals surface area (Å²) in [4.78, 5) is 22.0. The highest BCUT2D eigenvalue weighted by Crippen LogP contribution is 2.11. The lowest BCUT2D eigenvalue weighted by atomic mass is 10.1. The van der Waals surface area contributed by atoms with Crippen molar-refractivity contribution in [1.82, 2.24) is 5.32 Å². The summed E-state index contributed by atoms with van der Waals surface area (Å²) >= 11 is 5.84. The molecule has 0 fully saturated rings. The zero-order chi connectivity index (χ0) is 15.0. The fourth-order valence-electron chi connectivity index (χ4n) is 1.59. The van der Waals surface area contributed by atoms with Crippen molar-refractivity contribution in [2.45, 2.75) is 19.8 Å². The van der Waals surface area contributed by atoms with E-state index in [1.54, 1.807) is 18.2 Å². The van der Waals surface area contributed by atoms with Crippen molar-refractivity contribution in [3.8, 4) is 0 Å². The molecule has 0 aromatic heterocycles. The highest BCUT2D eigenvalue weighted by molar-refractivity contribution is 6.30. The number of halogens is 1. The highest BCUT2D eigenvalue weighted by Gasteiger charge is 2.06. The maximum atomic E-state index is 11.6. The molecule has 0 saturated heterocycles. The van der Waals surface area contributed by atoms with Crippen LogP contribution in [-0.4, -0.2) is 23.5 Å². The molecule has 0 spiro atoms. The number of aliphatic carboxylic acids is 1. The molecule has 20 heavy (non-hydrogen) atoms. The van der Waals surface area contributed by atoms with Crippen molar-refractivity contribution in [2.75, 3.05) is 6.54 Å². The first kappa shape index (κ1) is 16.2. The summed E-state index contributed by atoms with van der Waals surface area (Å²) in [5.41, 5.74) is 0.853. The molecule has 1 aromatic rings. The maximum Gasteiger partial charge on any atom is 0.303 e. The summed E-state index contributed by atoms with van der Waals surface area (Å²) in [5, 5.41) is 11.9. The van der Waals surface area contributed by atoms with Gasteiger partial charge in [-0.25, -0.2) is 0 Å². The predicted molar refractivity (Wildman–Crippen MR) is 79.5 cm³/mol. The zero-order valence-corrected chi connectivity index (χ0v) is 12.1. The Bertz CT molecular complexity index is 500. The smallest absolute Gasteiger partial charge is 0.303 e. The number of carbonyl (C=O) groups excluding carboxylic acids is 1. The van der Waals surface area contributed by atoms with E-state index in [9.17, 15) is 9.59 Å². The SMILES string of the molecule is CC(CCC(=O)O)CNC(=O)/C=C/c1cccc(Cl)c1. The number of carbonyl (C=O) groups is 2. The first-order valence-electron chi connectivity index (χ1n) is 6.40. The molecule has 0 bridgehead atoms. The van der Waals surface area contributed by atoms with Crippen molar-refractivity contribution in [3.05, 3.63) is 40.9 Å². The van der Waals surface area contributed by atoms with E-state index in [1.165, 1.54) is 6.08 Å². The minimum absolute atomic E-state index is 0.120. The van der Waals surface area contributed by atoms with Gasteiger partial charge >= 0.3 is 5.97 Å². The molecule has 4 nitrogen and oxygen atoms in total. The third-order valence-corrected chi connectivity index (χ3v) is 2.99. The molecule has 1 amide bonds. The summed E-state index contributed by atoms with van der Waals surface area (Å²) < 4.78 is 0. The Morgan fingerprint density at radius 1 is 1.45 bits per heavy atom. The van der Waals surface area contributed by atoms with Crippen molar-refractivity contribution >= 4 is 29.6 Å². The fourth-order valence-corrected chi connectivity index (χ4v) is 1.79. The summed E-state index contributed by atoms with van der Waals surface area (Å²) in [6, 6.07) is 7.20. The Labute approximate surface area is 123 Å². The van der Waals surface area contributed by atoms with Crippen LogP contribution in [0.15, 0.2) is 30.3 Å². The maximum absolute atomic E-state index is 11.6. The van der Waals surface area contributed by atoms with Crippen LogP contribution in [0, 0.1) is 5.92 Å². The lowest BCUT2D eigenvalue weighted by molar-refractivity contribution is -0.137. The lowest BCUT2D eigenvalue weighted by Crippen LogP contribution is -2.26. The van der Waals surface area contributed by atoms with Crippen molar-refractivity contribution < 1.29 is 14.7 Å². The van der Waals surface area contributed by atoms with Gasteiger partial charge in [-0.05, 0) is 36.1 Å². The van der Waals surface area contributed by atoms with Crippen LogP contribution in [0.3, 0.4) is 0 Å². The second kappa shape index (κ2) is 8.38. The van der Waals surface area contributed by atoms with E-state index >= 15 is 0 Å². The summed E-state index contributed by atoms with van der Waals surface area (Å²) in [5.74, 6) is -0.884. The Kier molecular flexibility index (Phi) is 6.81. The van der Waals surface area contributed by atoms with Gasteiger partial charge in [-0.2, -0.15) is 0 Å². The molecule has 0 aliphatic carbocycles. The van der Waals surface area contributed by atoms with Crippen LogP contribution in [0.5, 0.6) is 0 Å². The van der Waals surface area contributed by atoms with Gasteiger partial charge in [0.2, 0.25) is 5.91 Å². The first-order valence-corrected chi connectivity index (χ1v) is 6.78. The van der Waals surface area contributed by atoms with E-state index in [1.807, 2.05) is 19.1 Å². The number of rotatable bonds is 7. The number of benzene rings is 1. The second-order valence-electron chi connectivity index (χ2n) is 4.67. The Morgan fingerprint density at radius 2 is 2.20 bits per heavy atom. The molecular weight excluding hydrogens is 278 g/mol. The molecule has 0 radical (unpaired) electrons. The van der Waals surface area contributed by atoms with E-state index in [0.29, 0.717) is 18.0 Å². The van der Waals surface area contributed by atoms with E-state index in [4.69, 9.17) is 16.7 Å². The monoisotopic (exact) mass is 295 g/mol. The molecule has 2 N–H and O–H groups in total. The van der Waals surface area contributed by atoms with E-state index in [-0.39, 0.29) is 18.2 Å². The Morgan fingerprint density at radius 3 is 2.85 bits per heavy atom. The normalized spacial score (nSPS) is 12.3. The minimum Gasteiger partial charge on any atom is -0.481 e. The van der Waals surface area contributed by atoms with Gasteiger partial charge in [-0.15, -0.1) is 0 Å². The number of amides is 1. The molecule has 1 unspecified atom stereocenters. The van der Waals surface area contributed by atoms with Crippen molar-refractivity contribution in [3.63, 3.8) is 0 Å². The third kappa shape index (κ3) is 6.95. The van der Waals surface area contributed by atoms with Crippen LogP contribution >= 0.6 is 11.6 Å². The quantitative estimate of drug-likeness (QED) is 0.760. The van der Waals surface area contributed by atoms with Crippen LogP contribution in [0.1, 0.15) is 25.3 Å². The van der Waals surface area contributed by atoms with E-state index < -0.39 is 5.97 Å². The van der Waals surface area contributed by atoms with Crippen molar-refractivity contribution in [2.24, 2.45) is 5.92 Å². The van der Waals surface area contributed by atoms with Crippen LogP contribution in [0.2, 0.25) is 5.02 Å². The lowest BCUT2D eigenvalue weighted by Gasteiger charge is -2.09. The molecular formula is C15H18ClNO3. The molecule has 5 heteroatoms. The molecule has 1 rings (SSSR count). The Balaban J connectivity index is 2.34. The molecule has 1 atom stereocenters. The predicted octanol–water partition coefficient (Wildman–Crippen LogP) is 2.97.